The Morgan fingerprint density at radius 2 is 1.67 bits per heavy atom. The van der Waals surface area contributed by atoms with Gasteiger partial charge in [-0.05, 0) is 20.8 Å². The Labute approximate surface area is 89.7 Å². The van der Waals surface area contributed by atoms with Crippen molar-refractivity contribution in [2.75, 3.05) is 7.05 Å². The quantitative estimate of drug-likeness (QED) is 0.593. The molecule has 15 heavy (non-hydrogen) atoms. The van der Waals surface area contributed by atoms with Crippen molar-refractivity contribution in [1.82, 2.24) is 0 Å². The molecule has 1 atom stereocenters. The Morgan fingerprint density at radius 1 is 1.20 bits per heavy atom. The second kappa shape index (κ2) is 3.98. The predicted octanol–water partition coefficient (Wildman–Crippen LogP) is 1.54. The van der Waals surface area contributed by atoms with Gasteiger partial charge in [0.15, 0.2) is 0 Å². The molecule has 0 aliphatic rings. The summed E-state index contributed by atoms with van der Waals surface area (Å²) in [6.45, 7) is 6.39. The van der Waals surface area contributed by atoms with E-state index in [-0.39, 0.29) is 16.1 Å². The minimum absolute atomic E-state index is 0.0934. The van der Waals surface area contributed by atoms with Gasteiger partial charge in [0, 0.05) is 24.3 Å². The third-order valence-corrected chi connectivity index (χ3v) is 2.64. The first-order chi connectivity index (χ1) is 6.82. The Kier molecular flexibility index (Phi) is 3.09. The first-order valence-corrected chi connectivity index (χ1v) is 4.91. The third kappa shape index (κ3) is 2.76. The van der Waals surface area contributed by atoms with Crippen molar-refractivity contribution in [3.05, 3.63) is 34.4 Å². The van der Waals surface area contributed by atoms with Gasteiger partial charge < -0.3 is 4.90 Å². The average Bonchev–Trinajstić information content (AvgIpc) is 2.15. The summed E-state index contributed by atoms with van der Waals surface area (Å²) in [6, 6.07) is 6.70. The predicted molar refractivity (Wildman–Crippen MR) is 59.4 cm³/mol. The average molecular weight is 209 g/mol. The van der Waals surface area contributed by atoms with E-state index in [1.165, 1.54) is 4.90 Å². The van der Waals surface area contributed by atoms with Crippen LogP contribution in [0.5, 0.6) is 0 Å². The lowest BCUT2D eigenvalue weighted by atomic mass is 10.1. The van der Waals surface area contributed by atoms with Crippen LogP contribution in [-0.2, 0) is 0 Å². The summed E-state index contributed by atoms with van der Waals surface area (Å²) in [5.74, 6) is 0. The van der Waals surface area contributed by atoms with Gasteiger partial charge in [0.05, 0.1) is 17.5 Å². The van der Waals surface area contributed by atoms with Gasteiger partial charge in [-0.3, -0.25) is 10.1 Å². The SMILES string of the molecule is C[NH+](c1ccc([N+](=O)[O-])cc1)C(C)(C)C. The van der Waals surface area contributed by atoms with E-state index in [0.29, 0.717) is 0 Å². The van der Waals surface area contributed by atoms with Crippen molar-refractivity contribution in [2.45, 2.75) is 26.3 Å². The monoisotopic (exact) mass is 209 g/mol. The van der Waals surface area contributed by atoms with Crippen LogP contribution >= 0.6 is 0 Å². The molecule has 0 saturated carbocycles. The lowest BCUT2D eigenvalue weighted by Crippen LogP contribution is -3.11. The zero-order valence-electron chi connectivity index (χ0n) is 9.57. The molecule has 0 amide bonds. The molecule has 0 spiro atoms. The normalized spacial score (nSPS) is 13.6. The van der Waals surface area contributed by atoms with E-state index in [1.54, 1.807) is 24.3 Å². The van der Waals surface area contributed by atoms with E-state index in [2.05, 4.69) is 27.8 Å². The number of rotatable bonds is 2. The van der Waals surface area contributed by atoms with Crippen molar-refractivity contribution in [2.24, 2.45) is 0 Å². The first-order valence-electron chi connectivity index (χ1n) is 4.91. The van der Waals surface area contributed by atoms with Crippen molar-refractivity contribution >= 4 is 11.4 Å². The summed E-state index contributed by atoms with van der Waals surface area (Å²) in [4.78, 5) is 11.3. The van der Waals surface area contributed by atoms with Crippen LogP contribution in [0, 0.1) is 10.1 Å². The molecule has 0 radical (unpaired) electrons. The van der Waals surface area contributed by atoms with E-state index in [1.807, 2.05) is 0 Å². The van der Waals surface area contributed by atoms with Gasteiger partial charge in [-0.2, -0.15) is 0 Å². The highest BCUT2D eigenvalue weighted by atomic mass is 16.6. The summed E-state index contributed by atoms with van der Waals surface area (Å²) < 4.78 is 0. The fraction of sp³-hybridized carbons (Fsp3) is 0.455. The summed E-state index contributed by atoms with van der Waals surface area (Å²) in [7, 11) is 2.06. The van der Waals surface area contributed by atoms with Crippen molar-refractivity contribution in [3.63, 3.8) is 0 Å². The van der Waals surface area contributed by atoms with Gasteiger partial charge >= 0.3 is 0 Å². The molecule has 0 aliphatic carbocycles. The molecule has 4 heteroatoms. The second-order valence-electron chi connectivity index (χ2n) is 4.68. The maximum Gasteiger partial charge on any atom is 0.269 e. The third-order valence-electron chi connectivity index (χ3n) is 2.64. The molecular formula is C11H17N2O2+. The molecule has 1 aromatic carbocycles. The number of non-ortho nitro benzene ring substituents is 1. The molecule has 1 unspecified atom stereocenters. The van der Waals surface area contributed by atoms with Gasteiger partial charge in [-0.15, -0.1) is 0 Å². The maximum absolute atomic E-state index is 10.5. The van der Waals surface area contributed by atoms with Gasteiger partial charge in [0.25, 0.3) is 5.69 Å². The van der Waals surface area contributed by atoms with Crippen molar-refractivity contribution in [3.8, 4) is 0 Å². The molecule has 1 rings (SSSR count). The number of hydrogen-bond acceptors (Lipinski definition) is 2. The molecule has 4 nitrogen and oxygen atoms in total. The van der Waals surface area contributed by atoms with Crippen LogP contribution in [0.1, 0.15) is 20.8 Å². The number of benzene rings is 1. The number of nitro groups is 1. The zero-order valence-corrected chi connectivity index (χ0v) is 9.57. The van der Waals surface area contributed by atoms with Gasteiger partial charge in [-0.1, -0.05) is 0 Å². The Morgan fingerprint density at radius 3 is 2.00 bits per heavy atom. The Hall–Kier alpha value is -1.42. The minimum atomic E-state index is -0.379. The second-order valence-corrected chi connectivity index (χ2v) is 4.68. The highest BCUT2D eigenvalue weighted by Crippen LogP contribution is 2.13. The number of hydrogen-bond donors (Lipinski definition) is 1. The largest absolute Gasteiger partial charge is 0.301 e. The number of nitrogens with one attached hydrogen (secondary N) is 1. The van der Waals surface area contributed by atoms with Crippen LogP contribution in [0.4, 0.5) is 11.4 Å². The molecule has 0 aromatic heterocycles. The standard InChI is InChI=1S/C11H16N2O2/c1-11(2,3)12(4)9-5-7-10(8-6-9)13(14)15/h5-8H,1-4H3/p+1. The van der Waals surface area contributed by atoms with Crippen LogP contribution in [-0.4, -0.2) is 17.5 Å². The van der Waals surface area contributed by atoms with Gasteiger partial charge in [0.1, 0.15) is 5.69 Å². The topological polar surface area (TPSA) is 47.6 Å². The summed E-state index contributed by atoms with van der Waals surface area (Å²) in [5, 5.41) is 10.5. The highest BCUT2D eigenvalue weighted by Gasteiger charge is 2.23. The summed E-state index contributed by atoms with van der Waals surface area (Å²) in [5.41, 5.74) is 1.30. The zero-order chi connectivity index (χ0) is 11.6. The fourth-order valence-corrected chi connectivity index (χ4v) is 1.27. The molecule has 0 heterocycles. The maximum atomic E-state index is 10.5. The molecule has 0 bridgehead atoms. The molecule has 0 aliphatic heterocycles. The van der Waals surface area contributed by atoms with Crippen LogP contribution in [0.15, 0.2) is 24.3 Å². The van der Waals surface area contributed by atoms with Crippen molar-refractivity contribution in [1.29, 1.82) is 0 Å². The van der Waals surface area contributed by atoms with E-state index in [9.17, 15) is 10.1 Å². The van der Waals surface area contributed by atoms with Crippen LogP contribution in [0.25, 0.3) is 0 Å². The minimum Gasteiger partial charge on any atom is -0.301 e. The first kappa shape index (κ1) is 11.7. The van der Waals surface area contributed by atoms with Crippen LogP contribution in [0.2, 0.25) is 0 Å². The summed E-state index contributed by atoms with van der Waals surface area (Å²) >= 11 is 0. The Balaban J connectivity index is 2.94. The van der Waals surface area contributed by atoms with Gasteiger partial charge in [-0.25, -0.2) is 0 Å². The van der Waals surface area contributed by atoms with E-state index >= 15 is 0 Å². The molecule has 1 N–H and O–H groups in total. The number of nitrogens with zero attached hydrogens (tertiary/aromatic N) is 1. The van der Waals surface area contributed by atoms with E-state index in [0.717, 1.165) is 5.69 Å². The van der Waals surface area contributed by atoms with Crippen LogP contribution < -0.4 is 4.90 Å². The van der Waals surface area contributed by atoms with E-state index in [4.69, 9.17) is 0 Å². The Bertz CT molecular complexity index is 352. The lowest BCUT2D eigenvalue weighted by molar-refractivity contribution is -0.863. The molecule has 82 valence electrons. The molecular weight excluding hydrogens is 192 g/mol. The number of nitro benzene ring substituents is 1. The molecule has 0 fully saturated rings. The summed E-state index contributed by atoms with van der Waals surface area (Å²) in [6.07, 6.45) is 0. The van der Waals surface area contributed by atoms with Gasteiger partial charge in [0.2, 0.25) is 0 Å². The van der Waals surface area contributed by atoms with Crippen LogP contribution in [0.3, 0.4) is 0 Å². The molecule has 1 aromatic rings. The van der Waals surface area contributed by atoms with Crippen molar-refractivity contribution < 1.29 is 9.82 Å². The van der Waals surface area contributed by atoms with E-state index < -0.39 is 0 Å². The molecule has 0 saturated heterocycles. The lowest BCUT2D eigenvalue weighted by Gasteiger charge is -2.27. The fourth-order valence-electron chi connectivity index (χ4n) is 1.27. The highest BCUT2D eigenvalue weighted by molar-refractivity contribution is 5.39. The number of quaternary nitrogens is 1. The smallest absolute Gasteiger partial charge is 0.269 e.